The molecule has 0 aliphatic heterocycles. The third-order valence-corrected chi connectivity index (χ3v) is 3.22. The van der Waals surface area contributed by atoms with Gasteiger partial charge >= 0.3 is 0 Å². The maximum atomic E-state index is 10.1. The fraction of sp³-hybridized carbons (Fsp3) is 0.167. The Balaban J connectivity index is 2.85. The van der Waals surface area contributed by atoms with Crippen molar-refractivity contribution in [2.75, 3.05) is 14.2 Å². The Morgan fingerprint density at radius 3 is 2.24 bits per heavy atom. The van der Waals surface area contributed by atoms with Gasteiger partial charge in [-0.05, 0) is 23.6 Å². The molecule has 0 atom stereocenters. The topological polar surface area (TPSA) is 38.7 Å². The molecule has 0 aromatic heterocycles. The molecule has 0 fully saturated rings. The molecule has 0 aliphatic carbocycles. The molecule has 2 rings (SSSR count). The SMILES string of the molecule is COc1cc2cc(Cl)c(Cl)cc2c(O)c1OC. The molecule has 0 saturated heterocycles. The minimum absolute atomic E-state index is 0.0135. The average Bonchev–Trinajstić information content (AvgIpc) is 2.31. The van der Waals surface area contributed by atoms with Crippen LogP contribution >= 0.6 is 23.2 Å². The Labute approximate surface area is 108 Å². The summed E-state index contributed by atoms with van der Waals surface area (Å²) in [6, 6.07) is 4.99. The van der Waals surface area contributed by atoms with Crippen molar-refractivity contribution in [2.24, 2.45) is 0 Å². The molecule has 90 valence electrons. The van der Waals surface area contributed by atoms with Crippen LogP contribution in [0.25, 0.3) is 10.8 Å². The second-order valence-electron chi connectivity index (χ2n) is 3.45. The maximum Gasteiger partial charge on any atom is 0.203 e. The lowest BCUT2D eigenvalue weighted by molar-refractivity contribution is 0.335. The molecule has 3 nitrogen and oxygen atoms in total. The average molecular weight is 273 g/mol. The second-order valence-corrected chi connectivity index (χ2v) is 4.26. The maximum absolute atomic E-state index is 10.1. The quantitative estimate of drug-likeness (QED) is 0.902. The summed E-state index contributed by atoms with van der Waals surface area (Å²) in [4.78, 5) is 0. The van der Waals surface area contributed by atoms with E-state index in [1.807, 2.05) is 0 Å². The second kappa shape index (κ2) is 4.51. The summed E-state index contributed by atoms with van der Waals surface area (Å²) in [6.45, 7) is 0. The lowest BCUT2D eigenvalue weighted by atomic mass is 10.1. The normalized spacial score (nSPS) is 10.6. The van der Waals surface area contributed by atoms with Gasteiger partial charge in [-0.2, -0.15) is 0 Å². The molecule has 0 bridgehead atoms. The third kappa shape index (κ3) is 1.96. The van der Waals surface area contributed by atoms with Gasteiger partial charge in [0.25, 0.3) is 0 Å². The fourth-order valence-corrected chi connectivity index (χ4v) is 2.02. The summed E-state index contributed by atoms with van der Waals surface area (Å²) >= 11 is 11.8. The van der Waals surface area contributed by atoms with E-state index in [1.54, 1.807) is 18.2 Å². The Morgan fingerprint density at radius 1 is 1.00 bits per heavy atom. The van der Waals surface area contributed by atoms with E-state index in [4.69, 9.17) is 32.7 Å². The predicted octanol–water partition coefficient (Wildman–Crippen LogP) is 3.87. The van der Waals surface area contributed by atoms with E-state index in [0.29, 0.717) is 21.2 Å². The molecule has 1 N–H and O–H groups in total. The van der Waals surface area contributed by atoms with Crippen LogP contribution in [0.3, 0.4) is 0 Å². The summed E-state index contributed by atoms with van der Waals surface area (Å²) in [7, 11) is 2.96. The summed E-state index contributed by atoms with van der Waals surface area (Å²) in [5.74, 6) is 0.703. The van der Waals surface area contributed by atoms with E-state index in [1.165, 1.54) is 14.2 Å². The minimum Gasteiger partial charge on any atom is -0.504 e. The van der Waals surface area contributed by atoms with Crippen LogP contribution in [0.1, 0.15) is 0 Å². The number of benzene rings is 2. The Morgan fingerprint density at radius 2 is 1.65 bits per heavy atom. The number of fused-ring (bicyclic) bond motifs is 1. The van der Waals surface area contributed by atoms with E-state index in [2.05, 4.69) is 0 Å². The number of methoxy groups -OCH3 is 2. The molecule has 5 heteroatoms. The molecule has 2 aromatic carbocycles. The smallest absolute Gasteiger partial charge is 0.203 e. The lowest BCUT2D eigenvalue weighted by Gasteiger charge is -2.12. The minimum atomic E-state index is -0.0135. The van der Waals surface area contributed by atoms with Gasteiger partial charge in [0.1, 0.15) is 0 Å². The van der Waals surface area contributed by atoms with E-state index < -0.39 is 0 Å². The van der Waals surface area contributed by atoms with Gasteiger partial charge in [-0.1, -0.05) is 23.2 Å². The molecule has 17 heavy (non-hydrogen) atoms. The molecule has 0 amide bonds. The number of ether oxygens (including phenoxy) is 2. The van der Waals surface area contributed by atoms with Gasteiger partial charge in [-0.3, -0.25) is 0 Å². The number of aromatic hydroxyl groups is 1. The highest BCUT2D eigenvalue weighted by atomic mass is 35.5. The van der Waals surface area contributed by atoms with Crippen LogP contribution in [0.4, 0.5) is 0 Å². The first kappa shape index (κ1) is 12.1. The van der Waals surface area contributed by atoms with Crippen molar-refractivity contribution >= 4 is 34.0 Å². The van der Waals surface area contributed by atoms with Crippen molar-refractivity contribution in [2.45, 2.75) is 0 Å². The number of hydrogen-bond donors (Lipinski definition) is 1. The van der Waals surface area contributed by atoms with E-state index in [0.717, 1.165) is 5.39 Å². The van der Waals surface area contributed by atoms with Crippen molar-refractivity contribution in [3.8, 4) is 17.2 Å². The Kier molecular flexibility index (Phi) is 3.22. The van der Waals surface area contributed by atoms with Crippen LogP contribution in [-0.2, 0) is 0 Å². The van der Waals surface area contributed by atoms with Gasteiger partial charge < -0.3 is 14.6 Å². The van der Waals surface area contributed by atoms with E-state index in [-0.39, 0.29) is 11.5 Å². The predicted molar refractivity (Wildman–Crippen MR) is 68.7 cm³/mol. The first-order valence-corrected chi connectivity index (χ1v) is 5.56. The van der Waals surface area contributed by atoms with Crippen molar-refractivity contribution in [3.63, 3.8) is 0 Å². The summed E-state index contributed by atoms with van der Waals surface area (Å²) in [6.07, 6.45) is 0. The van der Waals surface area contributed by atoms with Gasteiger partial charge in [0.2, 0.25) is 5.75 Å². The number of halogens is 2. The fourth-order valence-electron chi connectivity index (χ4n) is 1.68. The molecule has 2 aromatic rings. The Hall–Kier alpha value is -1.32. The van der Waals surface area contributed by atoms with Gasteiger partial charge in [-0.25, -0.2) is 0 Å². The third-order valence-electron chi connectivity index (χ3n) is 2.50. The lowest BCUT2D eigenvalue weighted by Crippen LogP contribution is -1.91. The van der Waals surface area contributed by atoms with Crippen LogP contribution < -0.4 is 9.47 Å². The number of rotatable bonds is 2. The molecule has 0 aliphatic rings. The molecule has 0 heterocycles. The highest BCUT2D eigenvalue weighted by molar-refractivity contribution is 6.42. The van der Waals surface area contributed by atoms with Crippen molar-refractivity contribution in [3.05, 3.63) is 28.2 Å². The number of hydrogen-bond acceptors (Lipinski definition) is 3. The Bertz CT molecular complexity index is 582. The van der Waals surface area contributed by atoms with Gasteiger partial charge in [0.15, 0.2) is 11.5 Å². The standard InChI is InChI=1S/C12H10Cl2O3/c1-16-10-4-6-3-8(13)9(14)5-7(6)11(15)12(10)17-2/h3-5,15H,1-2H3. The van der Waals surface area contributed by atoms with Crippen LogP contribution in [0.5, 0.6) is 17.2 Å². The van der Waals surface area contributed by atoms with Gasteiger partial charge in [0.05, 0.1) is 24.3 Å². The monoisotopic (exact) mass is 272 g/mol. The summed E-state index contributed by atoms with van der Waals surface area (Å²) in [5, 5.41) is 12.2. The molecule has 0 saturated carbocycles. The van der Waals surface area contributed by atoms with Crippen molar-refractivity contribution in [1.82, 2.24) is 0 Å². The molecule has 0 radical (unpaired) electrons. The first-order valence-electron chi connectivity index (χ1n) is 4.81. The van der Waals surface area contributed by atoms with Crippen molar-refractivity contribution in [1.29, 1.82) is 0 Å². The van der Waals surface area contributed by atoms with Crippen LogP contribution in [0.15, 0.2) is 18.2 Å². The van der Waals surface area contributed by atoms with Crippen LogP contribution in [0, 0.1) is 0 Å². The molecular weight excluding hydrogens is 263 g/mol. The highest BCUT2D eigenvalue weighted by Gasteiger charge is 2.15. The zero-order chi connectivity index (χ0) is 12.6. The van der Waals surface area contributed by atoms with Gasteiger partial charge in [0, 0.05) is 5.39 Å². The van der Waals surface area contributed by atoms with Crippen molar-refractivity contribution < 1.29 is 14.6 Å². The van der Waals surface area contributed by atoms with Crippen LogP contribution in [0.2, 0.25) is 10.0 Å². The summed E-state index contributed by atoms with van der Waals surface area (Å²) < 4.78 is 10.2. The molecule has 0 spiro atoms. The first-order chi connectivity index (χ1) is 8.08. The van der Waals surface area contributed by atoms with E-state index >= 15 is 0 Å². The zero-order valence-electron chi connectivity index (χ0n) is 9.25. The largest absolute Gasteiger partial charge is 0.504 e. The summed E-state index contributed by atoms with van der Waals surface area (Å²) in [5.41, 5.74) is 0. The molecular formula is C12H10Cl2O3. The zero-order valence-corrected chi connectivity index (χ0v) is 10.8. The van der Waals surface area contributed by atoms with Crippen LogP contribution in [-0.4, -0.2) is 19.3 Å². The number of phenolic OH excluding ortho intramolecular Hbond substituents is 1. The highest BCUT2D eigenvalue weighted by Crippen LogP contribution is 2.44. The van der Waals surface area contributed by atoms with Gasteiger partial charge in [-0.15, -0.1) is 0 Å². The van der Waals surface area contributed by atoms with E-state index in [9.17, 15) is 5.11 Å². The number of phenols is 1. The molecule has 0 unspecified atom stereocenters.